The molecule has 3 nitrogen and oxygen atoms in total. The molecule has 0 spiro atoms. The van der Waals surface area contributed by atoms with Gasteiger partial charge in [-0.15, -0.1) is 0 Å². The van der Waals surface area contributed by atoms with Crippen molar-refractivity contribution in [2.75, 3.05) is 0 Å². The summed E-state index contributed by atoms with van der Waals surface area (Å²) >= 11 is 0. The third-order valence-corrected chi connectivity index (χ3v) is 6.23. The molecule has 0 unspecified atom stereocenters. The zero-order valence-corrected chi connectivity index (χ0v) is 14.9. The molecule has 2 aromatic carbocycles. The van der Waals surface area contributed by atoms with Crippen LogP contribution in [-0.4, -0.2) is 8.42 Å². The van der Waals surface area contributed by atoms with Crippen LogP contribution in [0.5, 0.6) is 0 Å². The summed E-state index contributed by atoms with van der Waals surface area (Å²) in [6.45, 7) is 9.58. The number of benzene rings is 2. The summed E-state index contributed by atoms with van der Waals surface area (Å²) in [4.78, 5) is 0.328. The van der Waals surface area contributed by atoms with Gasteiger partial charge in [-0.25, -0.2) is 17.5 Å². The van der Waals surface area contributed by atoms with E-state index in [9.17, 15) is 12.8 Å². The maximum Gasteiger partial charge on any atom is 0.241 e. The summed E-state index contributed by atoms with van der Waals surface area (Å²) in [5, 5.41) is 0. The Bertz CT molecular complexity index is 829. The largest absolute Gasteiger partial charge is 0.241 e. The van der Waals surface area contributed by atoms with Crippen LogP contribution in [0.1, 0.15) is 33.4 Å². The Kier molecular flexibility index (Phi) is 4.92. The summed E-state index contributed by atoms with van der Waals surface area (Å²) in [5.41, 5.74) is 5.20. The molecular weight excluding hydrogens is 313 g/mol. The van der Waals surface area contributed by atoms with Gasteiger partial charge in [-0.05, 0) is 80.1 Å². The summed E-state index contributed by atoms with van der Waals surface area (Å²) < 4.78 is 41.3. The first-order valence-corrected chi connectivity index (χ1v) is 8.94. The molecule has 0 bridgehead atoms. The Morgan fingerprint density at radius 2 is 1.43 bits per heavy atom. The quantitative estimate of drug-likeness (QED) is 0.922. The van der Waals surface area contributed by atoms with Gasteiger partial charge in [-0.3, -0.25) is 0 Å². The lowest BCUT2D eigenvalue weighted by atomic mass is 9.95. The Morgan fingerprint density at radius 1 is 0.913 bits per heavy atom. The van der Waals surface area contributed by atoms with Crippen molar-refractivity contribution < 1.29 is 12.8 Å². The van der Waals surface area contributed by atoms with E-state index >= 15 is 0 Å². The first-order valence-electron chi connectivity index (χ1n) is 7.46. The highest BCUT2D eigenvalue weighted by atomic mass is 32.2. The molecule has 0 saturated heterocycles. The van der Waals surface area contributed by atoms with Crippen molar-refractivity contribution in [3.8, 4) is 0 Å². The molecule has 0 aliphatic carbocycles. The van der Waals surface area contributed by atoms with Gasteiger partial charge in [0.25, 0.3) is 0 Å². The van der Waals surface area contributed by atoms with Crippen LogP contribution in [-0.2, 0) is 16.6 Å². The molecule has 23 heavy (non-hydrogen) atoms. The average Bonchev–Trinajstić information content (AvgIpc) is 2.49. The fourth-order valence-electron chi connectivity index (χ4n) is 2.77. The number of hydrogen-bond acceptors (Lipinski definition) is 2. The Morgan fingerprint density at radius 3 is 1.96 bits per heavy atom. The monoisotopic (exact) mass is 335 g/mol. The van der Waals surface area contributed by atoms with E-state index in [4.69, 9.17) is 0 Å². The summed E-state index contributed by atoms with van der Waals surface area (Å²) in [6, 6.07) is 5.92. The molecule has 0 amide bonds. The minimum Gasteiger partial charge on any atom is -0.207 e. The van der Waals surface area contributed by atoms with Crippen molar-refractivity contribution in [3.05, 3.63) is 63.5 Å². The molecule has 0 radical (unpaired) electrons. The van der Waals surface area contributed by atoms with E-state index in [1.165, 1.54) is 12.1 Å². The van der Waals surface area contributed by atoms with E-state index < -0.39 is 10.0 Å². The minimum absolute atomic E-state index is 0.0605. The normalized spacial score (nSPS) is 11.7. The van der Waals surface area contributed by atoms with Crippen molar-refractivity contribution in [3.63, 3.8) is 0 Å². The molecule has 5 heteroatoms. The highest BCUT2D eigenvalue weighted by Crippen LogP contribution is 2.29. The van der Waals surface area contributed by atoms with E-state index in [2.05, 4.69) is 4.72 Å². The summed E-state index contributed by atoms with van der Waals surface area (Å²) in [6.07, 6.45) is 0. The highest BCUT2D eigenvalue weighted by molar-refractivity contribution is 7.89. The molecule has 2 rings (SSSR count). The van der Waals surface area contributed by atoms with Crippen LogP contribution in [0.25, 0.3) is 0 Å². The average molecular weight is 335 g/mol. The number of rotatable bonds is 4. The topological polar surface area (TPSA) is 46.2 Å². The zero-order valence-electron chi connectivity index (χ0n) is 14.1. The standard InChI is InChI=1S/C18H22FNO2S/c1-11-12(2)14(4)18(15(5)13(11)3)23(21,22)20-10-16-7-6-8-17(19)9-16/h6-9,20H,10H2,1-5H3. The Balaban J connectivity index is 2.41. The summed E-state index contributed by atoms with van der Waals surface area (Å²) in [5.74, 6) is -0.379. The molecule has 0 aliphatic rings. The first kappa shape index (κ1) is 17.6. The number of nitrogens with one attached hydrogen (secondary N) is 1. The Labute approximate surface area is 137 Å². The van der Waals surface area contributed by atoms with Gasteiger partial charge in [0, 0.05) is 6.54 Å². The lowest BCUT2D eigenvalue weighted by molar-refractivity contribution is 0.578. The zero-order chi connectivity index (χ0) is 17.4. The number of hydrogen-bond donors (Lipinski definition) is 1. The van der Waals surface area contributed by atoms with Crippen LogP contribution < -0.4 is 4.72 Å². The van der Waals surface area contributed by atoms with Gasteiger partial charge in [0.05, 0.1) is 4.90 Å². The molecule has 1 N–H and O–H groups in total. The molecule has 0 heterocycles. The molecular formula is C18H22FNO2S. The molecule has 0 aliphatic heterocycles. The molecule has 2 aromatic rings. The molecule has 0 fully saturated rings. The van der Waals surface area contributed by atoms with Crippen molar-refractivity contribution in [2.24, 2.45) is 0 Å². The molecule has 0 aromatic heterocycles. The van der Waals surface area contributed by atoms with Gasteiger partial charge in [0.15, 0.2) is 0 Å². The van der Waals surface area contributed by atoms with Crippen LogP contribution in [0.15, 0.2) is 29.2 Å². The highest BCUT2D eigenvalue weighted by Gasteiger charge is 2.23. The molecule has 124 valence electrons. The van der Waals surface area contributed by atoms with Crippen LogP contribution in [0.2, 0.25) is 0 Å². The van der Waals surface area contributed by atoms with E-state index in [1.807, 2.05) is 34.6 Å². The fraction of sp³-hybridized carbons (Fsp3) is 0.333. The van der Waals surface area contributed by atoms with Crippen LogP contribution in [0, 0.1) is 40.4 Å². The predicted octanol–water partition coefficient (Wildman–Crippen LogP) is 3.85. The second-order valence-corrected chi connectivity index (χ2v) is 7.61. The van der Waals surface area contributed by atoms with Gasteiger partial charge in [0.1, 0.15) is 5.82 Å². The van der Waals surface area contributed by atoms with Crippen LogP contribution in [0.3, 0.4) is 0 Å². The molecule has 0 saturated carbocycles. The fourth-order valence-corrected chi connectivity index (χ4v) is 4.38. The minimum atomic E-state index is -3.67. The van der Waals surface area contributed by atoms with Gasteiger partial charge in [0.2, 0.25) is 10.0 Å². The van der Waals surface area contributed by atoms with Crippen molar-refractivity contribution in [1.29, 1.82) is 0 Å². The smallest absolute Gasteiger partial charge is 0.207 e. The first-order chi connectivity index (χ1) is 10.6. The maximum absolute atomic E-state index is 13.2. The second-order valence-electron chi connectivity index (χ2n) is 5.91. The number of halogens is 1. The van der Waals surface area contributed by atoms with E-state index in [0.29, 0.717) is 10.5 Å². The van der Waals surface area contributed by atoms with Crippen molar-refractivity contribution in [2.45, 2.75) is 46.1 Å². The van der Waals surface area contributed by atoms with Crippen molar-refractivity contribution >= 4 is 10.0 Å². The summed E-state index contributed by atoms with van der Waals surface area (Å²) in [7, 11) is -3.67. The third-order valence-electron chi connectivity index (χ3n) is 4.56. The SMILES string of the molecule is Cc1c(C)c(C)c(S(=O)(=O)NCc2cccc(F)c2)c(C)c1C. The van der Waals surface area contributed by atoms with Gasteiger partial charge >= 0.3 is 0 Å². The maximum atomic E-state index is 13.2. The van der Waals surface area contributed by atoms with Crippen LogP contribution >= 0.6 is 0 Å². The third kappa shape index (κ3) is 3.46. The second kappa shape index (κ2) is 6.42. The lowest BCUT2D eigenvalue weighted by Crippen LogP contribution is -2.25. The Hall–Kier alpha value is -1.72. The van der Waals surface area contributed by atoms with E-state index in [1.54, 1.807) is 12.1 Å². The van der Waals surface area contributed by atoms with Crippen molar-refractivity contribution in [1.82, 2.24) is 4.72 Å². The van der Waals surface area contributed by atoms with Crippen LogP contribution in [0.4, 0.5) is 4.39 Å². The predicted molar refractivity (Wildman–Crippen MR) is 90.6 cm³/mol. The van der Waals surface area contributed by atoms with E-state index in [0.717, 1.165) is 27.8 Å². The van der Waals surface area contributed by atoms with Gasteiger partial charge in [-0.2, -0.15) is 0 Å². The van der Waals surface area contributed by atoms with E-state index in [-0.39, 0.29) is 12.4 Å². The lowest BCUT2D eigenvalue weighted by Gasteiger charge is -2.19. The number of sulfonamides is 1. The van der Waals surface area contributed by atoms with Gasteiger partial charge < -0.3 is 0 Å². The van der Waals surface area contributed by atoms with Gasteiger partial charge in [-0.1, -0.05) is 12.1 Å². The molecule has 0 atom stereocenters.